The van der Waals surface area contributed by atoms with Crippen LogP contribution in [-0.2, 0) is 0 Å². The van der Waals surface area contributed by atoms with Crippen LogP contribution < -0.4 is 10.6 Å². The summed E-state index contributed by atoms with van der Waals surface area (Å²) >= 11 is 0. The monoisotopic (exact) mass is 216 g/mol. The van der Waals surface area contributed by atoms with E-state index in [9.17, 15) is 4.39 Å². The number of hydrogen-bond donors (Lipinski definition) is 1. The highest BCUT2D eigenvalue weighted by Crippen LogP contribution is 2.28. The number of benzene rings is 2. The lowest BCUT2D eigenvalue weighted by Crippen LogP contribution is -2.11. The van der Waals surface area contributed by atoms with E-state index in [1.807, 2.05) is 36.2 Å². The summed E-state index contributed by atoms with van der Waals surface area (Å²) in [5.74, 6) is -0.238. The first-order valence-electron chi connectivity index (χ1n) is 5.02. The summed E-state index contributed by atoms with van der Waals surface area (Å²) in [5, 5.41) is 0. The highest BCUT2D eigenvalue weighted by atomic mass is 19.1. The maximum Gasteiger partial charge on any atom is 0.123 e. The van der Waals surface area contributed by atoms with Crippen LogP contribution in [0.2, 0.25) is 0 Å². The Morgan fingerprint density at radius 2 is 1.62 bits per heavy atom. The highest BCUT2D eigenvalue weighted by Gasteiger charge is 2.06. The van der Waals surface area contributed by atoms with E-state index in [1.165, 1.54) is 12.1 Å². The number of hydrogen-bond acceptors (Lipinski definition) is 2. The fraction of sp³-hybridized carbons (Fsp3) is 0.0769. The second-order valence-electron chi connectivity index (χ2n) is 3.59. The van der Waals surface area contributed by atoms with Crippen LogP contribution in [0.15, 0.2) is 48.5 Å². The van der Waals surface area contributed by atoms with E-state index in [-0.39, 0.29) is 5.82 Å². The minimum absolute atomic E-state index is 0.238. The van der Waals surface area contributed by atoms with E-state index in [1.54, 1.807) is 12.1 Å². The molecule has 2 aromatic rings. The first-order chi connectivity index (χ1) is 7.68. The third-order valence-electron chi connectivity index (χ3n) is 2.51. The molecule has 0 spiro atoms. The van der Waals surface area contributed by atoms with Gasteiger partial charge < -0.3 is 10.6 Å². The van der Waals surface area contributed by atoms with Crippen molar-refractivity contribution in [3.8, 4) is 0 Å². The zero-order valence-electron chi connectivity index (χ0n) is 9.02. The standard InChI is InChI=1S/C13H13FN2/c1-16(11-8-6-10(14)7-9-11)13-5-3-2-4-12(13)15/h2-9H,15H2,1H3. The molecule has 82 valence electrons. The molecule has 2 nitrogen and oxygen atoms in total. The fourth-order valence-corrected chi connectivity index (χ4v) is 1.60. The van der Waals surface area contributed by atoms with Gasteiger partial charge in [0.05, 0.1) is 11.4 Å². The number of halogens is 1. The van der Waals surface area contributed by atoms with Crippen LogP contribution in [-0.4, -0.2) is 7.05 Å². The molecule has 0 bridgehead atoms. The van der Waals surface area contributed by atoms with Gasteiger partial charge in [-0.1, -0.05) is 12.1 Å². The molecule has 2 rings (SSSR count). The Morgan fingerprint density at radius 3 is 2.25 bits per heavy atom. The molecule has 0 atom stereocenters. The smallest absolute Gasteiger partial charge is 0.123 e. The lowest BCUT2D eigenvalue weighted by molar-refractivity contribution is 0.628. The van der Waals surface area contributed by atoms with Crippen LogP contribution in [0, 0.1) is 5.82 Å². The van der Waals surface area contributed by atoms with Crippen molar-refractivity contribution in [3.05, 3.63) is 54.3 Å². The molecule has 0 unspecified atom stereocenters. The molecule has 0 aliphatic rings. The van der Waals surface area contributed by atoms with Crippen molar-refractivity contribution < 1.29 is 4.39 Å². The van der Waals surface area contributed by atoms with Gasteiger partial charge in [-0.3, -0.25) is 0 Å². The zero-order chi connectivity index (χ0) is 11.5. The first kappa shape index (κ1) is 10.5. The molecule has 0 aromatic heterocycles. The number of rotatable bonds is 2. The van der Waals surface area contributed by atoms with Crippen molar-refractivity contribution in [1.82, 2.24) is 0 Å². The van der Waals surface area contributed by atoms with Gasteiger partial charge >= 0.3 is 0 Å². The Kier molecular flexibility index (Phi) is 2.77. The molecule has 0 saturated heterocycles. The van der Waals surface area contributed by atoms with Gasteiger partial charge in [0.25, 0.3) is 0 Å². The number of nitrogens with two attached hydrogens (primary N) is 1. The minimum Gasteiger partial charge on any atom is -0.397 e. The minimum atomic E-state index is -0.238. The largest absolute Gasteiger partial charge is 0.397 e. The molecule has 0 saturated carbocycles. The van der Waals surface area contributed by atoms with Gasteiger partial charge in [-0.05, 0) is 36.4 Å². The van der Waals surface area contributed by atoms with Crippen LogP contribution in [0.3, 0.4) is 0 Å². The highest BCUT2D eigenvalue weighted by molar-refractivity contribution is 5.74. The fourth-order valence-electron chi connectivity index (χ4n) is 1.60. The van der Waals surface area contributed by atoms with Gasteiger partial charge in [-0.2, -0.15) is 0 Å². The number of anilines is 3. The van der Waals surface area contributed by atoms with E-state index in [0.29, 0.717) is 5.69 Å². The van der Waals surface area contributed by atoms with Gasteiger partial charge in [0.2, 0.25) is 0 Å². The molecule has 0 radical (unpaired) electrons. The number of nitrogens with zero attached hydrogens (tertiary/aromatic N) is 1. The molecule has 0 fully saturated rings. The number of nitrogen functional groups attached to an aromatic ring is 1. The van der Waals surface area contributed by atoms with Crippen molar-refractivity contribution in [2.75, 3.05) is 17.7 Å². The average Bonchev–Trinajstić information content (AvgIpc) is 2.30. The van der Waals surface area contributed by atoms with Crippen molar-refractivity contribution in [2.45, 2.75) is 0 Å². The van der Waals surface area contributed by atoms with Crippen molar-refractivity contribution in [3.63, 3.8) is 0 Å². The summed E-state index contributed by atoms with van der Waals surface area (Å²) in [4.78, 5) is 1.93. The van der Waals surface area contributed by atoms with E-state index in [4.69, 9.17) is 5.73 Å². The van der Waals surface area contributed by atoms with Gasteiger partial charge in [0, 0.05) is 12.7 Å². The Morgan fingerprint density at radius 1 is 1.00 bits per heavy atom. The van der Waals surface area contributed by atoms with Crippen molar-refractivity contribution >= 4 is 17.1 Å². The van der Waals surface area contributed by atoms with E-state index < -0.39 is 0 Å². The van der Waals surface area contributed by atoms with E-state index in [2.05, 4.69) is 0 Å². The molecule has 3 heteroatoms. The predicted octanol–water partition coefficient (Wildman–Crippen LogP) is 3.18. The summed E-state index contributed by atoms with van der Waals surface area (Å²) in [6.45, 7) is 0. The number of para-hydroxylation sites is 2. The maximum atomic E-state index is 12.8. The van der Waals surface area contributed by atoms with Gasteiger partial charge in [-0.15, -0.1) is 0 Å². The normalized spacial score (nSPS) is 10.1. The molecular weight excluding hydrogens is 203 g/mol. The van der Waals surface area contributed by atoms with E-state index >= 15 is 0 Å². The molecule has 0 aliphatic heterocycles. The van der Waals surface area contributed by atoms with E-state index in [0.717, 1.165) is 11.4 Å². The summed E-state index contributed by atoms with van der Waals surface area (Å²) in [6, 6.07) is 13.9. The molecule has 2 aromatic carbocycles. The van der Waals surface area contributed by atoms with Crippen LogP contribution in [0.4, 0.5) is 21.5 Å². The Hall–Kier alpha value is -2.03. The summed E-state index contributed by atoms with van der Waals surface area (Å²) in [7, 11) is 1.90. The SMILES string of the molecule is CN(c1ccc(F)cc1)c1ccccc1N. The van der Waals surface area contributed by atoms with Crippen LogP contribution >= 0.6 is 0 Å². The van der Waals surface area contributed by atoms with Gasteiger partial charge in [0.1, 0.15) is 5.82 Å². The second-order valence-corrected chi connectivity index (χ2v) is 3.59. The summed E-state index contributed by atoms with van der Waals surface area (Å²) in [5.41, 5.74) is 8.39. The Labute approximate surface area is 94.1 Å². The molecular formula is C13H13FN2. The van der Waals surface area contributed by atoms with Gasteiger partial charge in [-0.25, -0.2) is 4.39 Å². The first-order valence-corrected chi connectivity index (χ1v) is 5.02. The second kappa shape index (κ2) is 4.23. The van der Waals surface area contributed by atoms with Crippen LogP contribution in [0.25, 0.3) is 0 Å². The van der Waals surface area contributed by atoms with Gasteiger partial charge in [0.15, 0.2) is 0 Å². The topological polar surface area (TPSA) is 29.3 Å². The zero-order valence-corrected chi connectivity index (χ0v) is 9.02. The van der Waals surface area contributed by atoms with Crippen molar-refractivity contribution in [1.29, 1.82) is 0 Å². The third kappa shape index (κ3) is 1.98. The Bertz CT molecular complexity index is 480. The molecule has 0 amide bonds. The predicted molar refractivity (Wildman–Crippen MR) is 65.3 cm³/mol. The van der Waals surface area contributed by atoms with Crippen LogP contribution in [0.1, 0.15) is 0 Å². The Balaban J connectivity index is 2.35. The molecule has 0 aliphatic carbocycles. The molecule has 0 heterocycles. The quantitative estimate of drug-likeness (QED) is 0.781. The lowest BCUT2D eigenvalue weighted by Gasteiger charge is -2.21. The summed E-state index contributed by atoms with van der Waals surface area (Å²) in [6.07, 6.45) is 0. The summed E-state index contributed by atoms with van der Waals surface area (Å²) < 4.78 is 12.8. The van der Waals surface area contributed by atoms with Crippen molar-refractivity contribution in [2.24, 2.45) is 0 Å². The molecule has 2 N–H and O–H groups in total. The maximum absolute atomic E-state index is 12.8. The van der Waals surface area contributed by atoms with Crippen LogP contribution in [0.5, 0.6) is 0 Å². The average molecular weight is 216 g/mol. The third-order valence-corrected chi connectivity index (χ3v) is 2.51. The molecule has 16 heavy (non-hydrogen) atoms. The lowest BCUT2D eigenvalue weighted by atomic mass is 10.2.